The van der Waals surface area contributed by atoms with E-state index in [0.29, 0.717) is 6.42 Å². The molecule has 166 valence electrons. The zero-order chi connectivity index (χ0) is 21.6. The van der Waals surface area contributed by atoms with Crippen LogP contribution in [0, 0.1) is 0 Å². The van der Waals surface area contributed by atoms with Crippen LogP contribution in [0.25, 0.3) is 10.8 Å². The molecule has 3 heteroatoms. The van der Waals surface area contributed by atoms with Crippen molar-refractivity contribution in [2.45, 2.75) is 90.8 Å². The number of aliphatic hydroxyl groups is 1. The van der Waals surface area contributed by atoms with Crippen molar-refractivity contribution < 1.29 is 9.84 Å². The Morgan fingerprint density at radius 3 is 2.37 bits per heavy atom. The Hall–Kier alpha value is -1.58. The third kappa shape index (κ3) is 5.76. The van der Waals surface area contributed by atoms with Crippen molar-refractivity contribution in [3.63, 3.8) is 0 Å². The van der Waals surface area contributed by atoms with Crippen LogP contribution in [0.4, 0.5) is 0 Å². The molecule has 1 heterocycles. The normalized spacial score (nSPS) is 17.9. The molecule has 1 aliphatic heterocycles. The van der Waals surface area contributed by atoms with Gasteiger partial charge in [-0.3, -0.25) is 0 Å². The van der Waals surface area contributed by atoms with Gasteiger partial charge >= 0.3 is 0 Å². The summed E-state index contributed by atoms with van der Waals surface area (Å²) in [5.74, 6) is 0.881. The Morgan fingerprint density at radius 2 is 1.63 bits per heavy atom. The van der Waals surface area contributed by atoms with Gasteiger partial charge in [0.1, 0.15) is 11.4 Å². The van der Waals surface area contributed by atoms with Crippen LogP contribution >= 0.6 is 0 Å². The minimum absolute atomic E-state index is 0.331. The number of unbranched alkanes of at least 4 members (excludes halogenated alkanes) is 5. The molecule has 1 atom stereocenters. The molecule has 30 heavy (non-hydrogen) atoms. The number of ether oxygens (including phenoxy) is 1. The number of aliphatic hydroxyl groups excluding tert-OH is 1. The third-order valence-corrected chi connectivity index (χ3v) is 6.62. The molecule has 1 N–H and O–H groups in total. The highest BCUT2D eigenvalue weighted by Gasteiger charge is 2.33. The van der Waals surface area contributed by atoms with Gasteiger partial charge in [0.05, 0.1) is 6.10 Å². The molecule has 0 saturated carbocycles. The van der Waals surface area contributed by atoms with Crippen molar-refractivity contribution in [2.24, 2.45) is 0 Å². The number of rotatable bonds is 11. The Kier molecular flexibility index (Phi) is 8.19. The van der Waals surface area contributed by atoms with E-state index in [9.17, 15) is 5.11 Å². The van der Waals surface area contributed by atoms with Gasteiger partial charge in [0.2, 0.25) is 0 Å². The number of benzene rings is 2. The summed E-state index contributed by atoms with van der Waals surface area (Å²) < 4.78 is 6.31. The molecule has 2 aromatic carbocycles. The molecule has 1 unspecified atom stereocenters. The van der Waals surface area contributed by atoms with Gasteiger partial charge in [0, 0.05) is 17.4 Å². The largest absolute Gasteiger partial charge is 0.487 e. The molecule has 0 aromatic heterocycles. The van der Waals surface area contributed by atoms with E-state index in [2.05, 4.69) is 62.9 Å². The Balaban J connectivity index is 1.53. The first-order chi connectivity index (χ1) is 14.4. The van der Waals surface area contributed by atoms with E-state index in [-0.39, 0.29) is 5.60 Å². The fourth-order valence-corrected chi connectivity index (χ4v) is 4.80. The van der Waals surface area contributed by atoms with Crippen molar-refractivity contribution in [1.29, 1.82) is 0 Å². The van der Waals surface area contributed by atoms with Gasteiger partial charge in [-0.2, -0.15) is 0 Å². The fraction of sp³-hybridized carbons (Fsp3) is 0.630. The van der Waals surface area contributed by atoms with E-state index in [1.54, 1.807) is 0 Å². The highest BCUT2D eigenvalue weighted by Crippen LogP contribution is 2.44. The number of fused-ring (bicyclic) bond motifs is 3. The van der Waals surface area contributed by atoms with Crippen LogP contribution in [0.2, 0.25) is 0 Å². The monoisotopic (exact) mass is 411 g/mol. The minimum Gasteiger partial charge on any atom is -0.487 e. The summed E-state index contributed by atoms with van der Waals surface area (Å²) >= 11 is 0. The maximum Gasteiger partial charge on any atom is 0.133 e. The van der Waals surface area contributed by atoms with Crippen LogP contribution < -0.4 is 4.74 Å². The first-order valence-corrected chi connectivity index (χ1v) is 12.1. The molecule has 0 fully saturated rings. The van der Waals surface area contributed by atoms with Crippen molar-refractivity contribution in [2.75, 3.05) is 19.6 Å². The Bertz CT molecular complexity index is 810. The standard InChI is InChI=1S/C27H41NO2/c1-5-28(6-2)19-12-10-8-7-9-11-14-21-15-13-16-23-22(21)17-18-24-25(29)20-27(3,4)30-26(23)24/h13,15-18,25,29H,5-12,14,19-20H2,1-4H3. The predicted octanol–water partition coefficient (Wildman–Crippen LogP) is 6.66. The zero-order valence-corrected chi connectivity index (χ0v) is 19.5. The van der Waals surface area contributed by atoms with E-state index >= 15 is 0 Å². The second kappa shape index (κ2) is 10.6. The molecule has 1 aliphatic rings. The summed E-state index contributed by atoms with van der Waals surface area (Å²) in [6.45, 7) is 12.2. The summed E-state index contributed by atoms with van der Waals surface area (Å²) in [5, 5.41) is 13.0. The second-order valence-corrected chi connectivity index (χ2v) is 9.48. The summed E-state index contributed by atoms with van der Waals surface area (Å²) in [5.41, 5.74) is 2.00. The van der Waals surface area contributed by atoms with Crippen molar-refractivity contribution in [3.05, 3.63) is 41.5 Å². The third-order valence-electron chi connectivity index (χ3n) is 6.62. The number of hydrogen-bond acceptors (Lipinski definition) is 3. The fourth-order valence-electron chi connectivity index (χ4n) is 4.80. The van der Waals surface area contributed by atoms with E-state index < -0.39 is 6.10 Å². The van der Waals surface area contributed by atoms with Crippen molar-refractivity contribution in [1.82, 2.24) is 4.90 Å². The number of aryl methyl sites for hydroxylation is 1. The van der Waals surface area contributed by atoms with E-state index in [0.717, 1.165) is 23.1 Å². The molecular weight excluding hydrogens is 370 g/mol. The van der Waals surface area contributed by atoms with Gasteiger partial charge in [0.15, 0.2) is 0 Å². The molecule has 0 radical (unpaired) electrons. The van der Waals surface area contributed by atoms with Gasteiger partial charge in [0.25, 0.3) is 0 Å². The molecule has 0 bridgehead atoms. The quantitative estimate of drug-likeness (QED) is 0.420. The lowest BCUT2D eigenvalue weighted by Gasteiger charge is -2.36. The molecule has 0 aliphatic carbocycles. The van der Waals surface area contributed by atoms with Crippen LogP contribution in [-0.4, -0.2) is 35.2 Å². The second-order valence-electron chi connectivity index (χ2n) is 9.48. The topological polar surface area (TPSA) is 32.7 Å². The summed E-state index contributed by atoms with van der Waals surface area (Å²) in [6, 6.07) is 10.8. The maximum absolute atomic E-state index is 10.6. The van der Waals surface area contributed by atoms with Crippen LogP contribution in [0.5, 0.6) is 5.75 Å². The SMILES string of the molecule is CCN(CC)CCCCCCCCc1cccc2c3c(ccc12)C(O)CC(C)(C)O3. The van der Waals surface area contributed by atoms with Gasteiger partial charge in [-0.05, 0) is 63.7 Å². The summed E-state index contributed by atoms with van der Waals surface area (Å²) in [4.78, 5) is 2.52. The van der Waals surface area contributed by atoms with Crippen LogP contribution in [0.15, 0.2) is 30.3 Å². The zero-order valence-electron chi connectivity index (χ0n) is 19.5. The molecule has 3 rings (SSSR count). The lowest BCUT2D eigenvalue weighted by atomic mass is 9.88. The number of nitrogens with zero attached hydrogens (tertiary/aromatic N) is 1. The highest BCUT2D eigenvalue weighted by atomic mass is 16.5. The lowest BCUT2D eigenvalue weighted by Crippen LogP contribution is -2.34. The van der Waals surface area contributed by atoms with Gasteiger partial charge < -0.3 is 14.7 Å². The van der Waals surface area contributed by atoms with Crippen molar-refractivity contribution >= 4 is 10.8 Å². The average molecular weight is 412 g/mol. The molecule has 2 aromatic rings. The maximum atomic E-state index is 10.6. The van der Waals surface area contributed by atoms with E-state index in [1.165, 1.54) is 69.1 Å². The van der Waals surface area contributed by atoms with Crippen LogP contribution in [0.1, 0.15) is 89.9 Å². The first kappa shape index (κ1) is 23.1. The average Bonchev–Trinajstić information content (AvgIpc) is 2.72. The molecule has 0 spiro atoms. The van der Waals surface area contributed by atoms with E-state index in [1.807, 2.05) is 0 Å². The Morgan fingerprint density at radius 1 is 0.933 bits per heavy atom. The molecule has 0 amide bonds. The molecule has 0 saturated heterocycles. The first-order valence-electron chi connectivity index (χ1n) is 12.1. The molecular formula is C27H41NO2. The van der Waals surface area contributed by atoms with E-state index in [4.69, 9.17) is 4.74 Å². The van der Waals surface area contributed by atoms with Crippen LogP contribution in [0.3, 0.4) is 0 Å². The molecule has 3 nitrogen and oxygen atoms in total. The van der Waals surface area contributed by atoms with Gasteiger partial charge in [-0.1, -0.05) is 69.9 Å². The number of hydrogen-bond donors (Lipinski definition) is 1. The minimum atomic E-state index is -0.446. The van der Waals surface area contributed by atoms with Gasteiger partial charge in [-0.15, -0.1) is 0 Å². The summed E-state index contributed by atoms with van der Waals surface area (Å²) in [6.07, 6.45) is 9.22. The van der Waals surface area contributed by atoms with Gasteiger partial charge in [-0.25, -0.2) is 0 Å². The lowest BCUT2D eigenvalue weighted by molar-refractivity contribution is 0.0130. The predicted molar refractivity (Wildman–Crippen MR) is 127 cm³/mol. The Labute approximate surface area is 183 Å². The summed E-state index contributed by atoms with van der Waals surface area (Å²) in [7, 11) is 0. The van der Waals surface area contributed by atoms with Crippen molar-refractivity contribution in [3.8, 4) is 5.75 Å². The smallest absolute Gasteiger partial charge is 0.133 e. The highest BCUT2D eigenvalue weighted by molar-refractivity contribution is 5.92. The van der Waals surface area contributed by atoms with Crippen LogP contribution in [-0.2, 0) is 6.42 Å².